The Balaban J connectivity index is 1.44. The molecular formula is C32H38N4O8. The maximum atomic E-state index is 14.3. The van der Waals surface area contributed by atoms with Gasteiger partial charge in [-0.05, 0) is 82.5 Å². The number of amides is 1. The number of benzene rings is 1. The zero-order valence-corrected chi connectivity index (χ0v) is 25.3. The van der Waals surface area contributed by atoms with Gasteiger partial charge in [0.25, 0.3) is 0 Å². The van der Waals surface area contributed by atoms with Crippen molar-refractivity contribution in [2.45, 2.75) is 43.9 Å². The lowest BCUT2D eigenvalue weighted by Crippen LogP contribution is -2.74. The first kappa shape index (κ1) is 30.2. The van der Waals surface area contributed by atoms with Crippen molar-refractivity contribution >= 4 is 34.7 Å². The van der Waals surface area contributed by atoms with Crippen LogP contribution in [0.1, 0.15) is 40.9 Å². The van der Waals surface area contributed by atoms with Gasteiger partial charge in [-0.2, -0.15) is 0 Å². The highest BCUT2D eigenvalue weighted by molar-refractivity contribution is 6.32. The third kappa shape index (κ3) is 4.33. The number of hydrogen-bond donors (Lipinski definition) is 3. The number of rotatable bonds is 6. The number of phenols is 1. The molecule has 3 fully saturated rings. The molecule has 2 unspecified atom stereocenters. The van der Waals surface area contributed by atoms with Crippen molar-refractivity contribution in [3.63, 3.8) is 0 Å². The Hall–Kier alpha value is -3.87. The Kier molecular flexibility index (Phi) is 7.29. The molecule has 4 aliphatic rings. The Morgan fingerprint density at radius 3 is 2.39 bits per heavy atom. The molecule has 2 saturated carbocycles. The van der Waals surface area contributed by atoms with Gasteiger partial charge >= 0.3 is 0 Å². The molecule has 1 aromatic heterocycles. The van der Waals surface area contributed by atoms with Crippen LogP contribution in [0.4, 0.5) is 5.69 Å². The molecule has 4 N–H and O–H groups in total. The number of hydrogen-bond acceptors (Lipinski definition) is 11. The number of anilines is 1. The summed E-state index contributed by atoms with van der Waals surface area (Å²) in [6.45, 7) is 2.59. The van der Waals surface area contributed by atoms with Gasteiger partial charge in [-0.15, -0.1) is 0 Å². The molecule has 234 valence electrons. The van der Waals surface area contributed by atoms with E-state index in [9.17, 15) is 34.2 Å². The van der Waals surface area contributed by atoms with Gasteiger partial charge in [0.05, 0.1) is 29.6 Å². The fraction of sp³-hybridized carbons (Fsp3) is 0.531. The molecule has 1 aliphatic heterocycles. The van der Waals surface area contributed by atoms with Crippen LogP contribution in [-0.4, -0.2) is 102 Å². The first-order chi connectivity index (χ1) is 20.8. The lowest BCUT2D eigenvalue weighted by atomic mass is 9.52. The molecular weight excluding hydrogens is 568 g/mol. The summed E-state index contributed by atoms with van der Waals surface area (Å²) in [6, 6.07) is 4.20. The number of fused-ring (bicyclic) bond motifs is 3. The number of furan rings is 1. The summed E-state index contributed by atoms with van der Waals surface area (Å²) < 4.78 is 6.12. The number of carbonyl (C=O) groups is 5. The van der Waals surface area contributed by atoms with Gasteiger partial charge in [0.15, 0.2) is 34.7 Å². The van der Waals surface area contributed by atoms with Crippen LogP contribution in [0.2, 0.25) is 0 Å². The topological polar surface area (TPSA) is 175 Å². The quantitative estimate of drug-likeness (QED) is 0.397. The standard InChI is InChI=1S/C32H38N4O8/c1-34(2)20-13-18(21-8-7-16(44-21)14-36-9-5-6-10-36)26(37)23-17(20)11-15-12-19-25(35(3)4)28(39)24(31(33)42)30(41)32(19,43)29(40)22(15)27(23)38/h7-8,13,15,19,22,24-25,37,43H,5-6,9-12,14H2,1-4H3,(H2,33,42)/t15-,19-,22?,24?,25-,32-/m0/s1. The van der Waals surface area contributed by atoms with Crippen LogP contribution in [0.3, 0.4) is 0 Å². The van der Waals surface area contributed by atoms with Gasteiger partial charge in [-0.25, -0.2) is 0 Å². The Bertz CT molecular complexity index is 1590. The van der Waals surface area contributed by atoms with Gasteiger partial charge in [0.2, 0.25) is 5.91 Å². The van der Waals surface area contributed by atoms with E-state index in [2.05, 4.69) is 4.90 Å². The molecule has 6 rings (SSSR count). The minimum atomic E-state index is -2.76. The summed E-state index contributed by atoms with van der Waals surface area (Å²) in [4.78, 5) is 73.0. The molecule has 12 nitrogen and oxygen atoms in total. The lowest BCUT2D eigenvalue weighted by Gasteiger charge is -2.52. The van der Waals surface area contributed by atoms with Crippen molar-refractivity contribution in [1.82, 2.24) is 9.80 Å². The normalized spacial score (nSPS) is 30.4. The highest BCUT2D eigenvalue weighted by atomic mass is 16.3. The van der Waals surface area contributed by atoms with Crippen LogP contribution in [0, 0.1) is 23.7 Å². The Morgan fingerprint density at radius 2 is 1.77 bits per heavy atom. The number of nitrogens with zero attached hydrogens (tertiary/aromatic N) is 3. The second-order valence-corrected chi connectivity index (χ2v) is 13.1. The smallest absolute Gasteiger partial charge is 0.235 e. The van der Waals surface area contributed by atoms with E-state index in [-0.39, 0.29) is 29.7 Å². The predicted octanol–water partition coefficient (Wildman–Crippen LogP) is 0.789. The number of aromatic hydroxyl groups is 1. The molecule has 2 aromatic rings. The average molecular weight is 607 g/mol. The number of primary amides is 1. The minimum Gasteiger partial charge on any atom is -0.506 e. The third-order valence-electron chi connectivity index (χ3n) is 10.0. The number of ketones is 4. The number of likely N-dealkylation sites (tertiary alicyclic amines) is 1. The average Bonchev–Trinajstić information content (AvgIpc) is 3.63. The number of aliphatic hydroxyl groups is 1. The molecule has 44 heavy (non-hydrogen) atoms. The van der Waals surface area contributed by atoms with Crippen molar-refractivity contribution in [2.24, 2.45) is 29.4 Å². The molecule has 0 bridgehead atoms. The van der Waals surface area contributed by atoms with Crippen molar-refractivity contribution < 1.29 is 38.6 Å². The largest absolute Gasteiger partial charge is 0.506 e. The zero-order valence-electron chi connectivity index (χ0n) is 25.3. The van der Waals surface area contributed by atoms with Crippen molar-refractivity contribution in [3.8, 4) is 17.1 Å². The Labute approximate surface area is 254 Å². The molecule has 6 atom stereocenters. The molecule has 3 aliphatic carbocycles. The van der Waals surface area contributed by atoms with Gasteiger partial charge in [-0.3, -0.25) is 33.8 Å². The van der Waals surface area contributed by atoms with E-state index in [4.69, 9.17) is 10.2 Å². The first-order valence-corrected chi connectivity index (χ1v) is 15.0. The highest BCUT2D eigenvalue weighted by Gasteiger charge is 2.69. The van der Waals surface area contributed by atoms with Crippen molar-refractivity contribution in [3.05, 3.63) is 35.1 Å². The second kappa shape index (κ2) is 10.6. The first-order valence-electron chi connectivity index (χ1n) is 15.0. The zero-order chi connectivity index (χ0) is 31.8. The second-order valence-electron chi connectivity index (χ2n) is 13.1. The molecule has 12 heteroatoms. The summed E-state index contributed by atoms with van der Waals surface area (Å²) in [6.07, 6.45) is 2.44. The molecule has 0 radical (unpaired) electrons. The van der Waals surface area contributed by atoms with Crippen LogP contribution in [0.15, 0.2) is 22.6 Å². The van der Waals surface area contributed by atoms with Gasteiger partial charge in [0.1, 0.15) is 17.3 Å². The molecule has 1 saturated heterocycles. The number of nitrogens with two attached hydrogens (primary N) is 1. The summed E-state index contributed by atoms with van der Waals surface area (Å²) in [5.74, 6) is -9.65. The van der Waals surface area contributed by atoms with Crippen molar-refractivity contribution in [1.29, 1.82) is 0 Å². The highest BCUT2D eigenvalue weighted by Crippen LogP contribution is 2.53. The number of phenolic OH excluding ortho intramolecular Hbond substituents is 1. The van der Waals surface area contributed by atoms with Crippen molar-refractivity contribution in [2.75, 3.05) is 46.2 Å². The van der Waals surface area contributed by atoms with Gasteiger partial charge < -0.3 is 25.3 Å². The molecule has 0 spiro atoms. The van der Waals surface area contributed by atoms with E-state index in [1.807, 2.05) is 25.1 Å². The number of Topliss-reactive ketones (excluding diaryl/α,β-unsaturated/α-hetero) is 4. The van der Waals surface area contributed by atoms with E-state index in [0.29, 0.717) is 23.6 Å². The van der Waals surface area contributed by atoms with Gasteiger partial charge in [0, 0.05) is 25.7 Å². The maximum absolute atomic E-state index is 14.3. The summed E-state index contributed by atoms with van der Waals surface area (Å²) in [7, 11) is 6.74. The maximum Gasteiger partial charge on any atom is 0.235 e. The van der Waals surface area contributed by atoms with E-state index in [1.165, 1.54) is 4.90 Å². The fourth-order valence-electron chi connectivity index (χ4n) is 8.01. The lowest BCUT2D eigenvalue weighted by molar-refractivity contribution is -0.181. The van der Waals surface area contributed by atoms with Crippen LogP contribution >= 0.6 is 0 Å². The fourth-order valence-corrected chi connectivity index (χ4v) is 8.01. The Morgan fingerprint density at radius 1 is 1.09 bits per heavy atom. The van der Waals surface area contributed by atoms with Crippen LogP contribution in [-0.2, 0) is 32.1 Å². The molecule has 1 aromatic carbocycles. The summed E-state index contributed by atoms with van der Waals surface area (Å²) in [5.41, 5.74) is 4.05. The molecule has 2 heterocycles. The predicted molar refractivity (Wildman–Crippen MR) is 158 cm³/mol. The number of carbonyl (C=O) groups excluding carboxylic acids is 5. The monoisotopic (exact) mass is 606 g/mol. The van der Waals surface area contributed by atoms with E-state index in [1.54, 1.807) is 26.2 Å². The summed E-state index contributed by atoms with van der Waals surface area (Å²) in [5, 5.41) is 23.4. The van der Waals surface area contributed by atoms with Crippen LogP contribution in [0.5, 0.6) is 5.75 Å². The van der Waals surface area contributed by atoms with E-state index < -0.39 is 64.4 Å². The minimum absolute atomic E-state index is 0.00266. The SMILES string of the molecule is CN(C)c1cc(-c2ccc(CN3CCCC3)o2)c(O)c2c1C[C@H]1C[C@H]3[C@H](N(C)C)C(=O)C(C(N)=O)C(=O)[C@@]3(O)C(=O)C1C2=O. The number of likely N-dealkylation sites (N-methyl/N-ethyl adjacent to an activating group) is 1. The van der Waals surface area contributed by atoms with Gasteiger partial charge in [-0.1, -0.05) is 0 Å². The van der Waals surface area contributed by atoms with E-state index in [0.717, 1.165) is 31.7 Å². The molecule has 1 amide bonds. The van der Waals surface area contributed by atoms with Crippen LogP contribution < -0.4 is 10.6 Å². The van der Waals surface area contributed by atoms with Crippen LogP contribution in [0.25, 0.3) is 11.3 Å². The van der Waals surface area contributed by atoms with E-state index >= 15 is 0 Å². The third-order valence-corrected chi connectivity index (χ3v) is 10.0. The summed E-state index contributed by atoms with van der Waals surface area (Å²) >= 11 is 0.